The third-order valence-electron chi connectivity index (χ3n) is 10.2. The number of ether oxygens (including phenoxy) is 3. The van der Waals surface area contributed by atoms with Crippen molar-refractivity contribution in [2.45, 2.75) is 37.6 Å². The standard InChI is InChI=1S/C40H44N10O8S/c1-2-59(54,55)49-25-40(26-49,14-15-41)50-24-29(23-44-50)35-33-13-16-42-36(33)48-39(47-35)45-30-7-3-28(4-8-30)37(52)43-17-18-56-19-20-57-21-22-58-31-9-5-27(6-10-31)32-11-12-34(51)46-38(32)53/h3-10,13,16,23-24,32H,2,11-12,14,17-22,25-26H2,1H3,(H,43,52)(H,46,51,53)(H2,42,45,47,48). The molecule has 59 heavy (non-hydrogen) atoms. The fourth-order valence-electron chi connectivity index (χ4n) is 6.92. The number of anilines is 2. The number of nitriles is 1. The predicted octanol–water partition coefficient (Wildman–Crippen LogP) is 3.20. The van der Waals surface area contributed by atoms with Crippen molar-refractivity contribution >= 4 is 50.4 Å². The molecule has 1 atom stereocenters. The number of nitrogens with zero attached hydrogens (tertiary/aromatic N) is 6. The number of hydrogen-bond acceptors (Lipinski definition) is 13. The molecule has 2 saturated heterocycles. The Balaban J connectivity index is 0.825. The van der Waals surface area contributed by atoms with Gasteiger partial charge in [-0.05, 0) is 61.4 Å². The molecule has 1 unspecified atom stereocenters. The Morgan fingerprint density at radius 2 is 1.75 bits per heavy atom. The maximum atomic E-state index is 12.8. The number of rotatable bonds is 19. The maximum Gasteiger partial charge on any atom is 0.251 e. The van der Waals surface area contributed by atoms with Gasteiger partial charge in [-0.2, -0.15) is 19.6 Å². The summed E-state index contributed by atoms with van der Waals surface area (Å²) in [5.41, 5.74) is 3.06. The summed E-state index contributed by atoms with van der Waals surface area (Å²) >= 11 is 0. The van der Waals surface area contributed by atoms with Crippen LogP contribution >= 0.6 is 0 Å². The maximum absolute atomic E-state index is 12.8. The van der Waals surface area contributed by atoms with Crippen molar-refractivity contribution in [1.82, 2.24) is 39.7 Å². The molecular formula is C40H44N10O8S. The van der Waals surface area contributed by atoms with E-state index in [1.54, 1.807) is 66.6 Å². The fraction of sp³-hybridized carbons (Fsp3) is 0.375. The van der Waals surface area contributed by atoms with Crippen LogP contribution in [0.3, 0.4) is 0 Å². The number of aromatic nitrogens is 5. The molecule has 2 aliphatic heterocycles. The molecule has 3 amide bonds. The van der Waals surface area contributed by atoms with Crippen LogP contribution in [0.25, 0.3) is 22.3 Å². The zero-order chi connectivity index (χ0) is 41.4. The average Bonchev–Trinajstić information content (AvgIpc) is 3.91. The number of carbonyl (C=O) groups excluding carboxylic acids is 3. The lowest BCUT2D eigenvalue weighted by atomic mass is 9.89. The summed E-state index contributed by atoms with van der Waals surface area (Å²) in [6.45, 7) is 3.96. The number of aromatic amines is 1. The van der Waals surface area contributed by atoms with Crippen LogP contribution in [0.5, 0.6) is 5.75 Å². The van der Waals surface area contributed by atoms with E-state index in [0.717, 1.165) is 10.9 Å². The number of amides is 3. The molecule has 5 aromatic rings. The molecule has 0 spiro atoms. The molecule has 308 valence electrons. The first kappa shape index (κ1) is 41.0. The highest BCUT2D eigenvalue weighted by Gasteiger charge is 2.49. The molecular weight excluding hydrogens is 781 g/mol. The predicted molar refractivity (Wildman–Crippen MR) is 215 cm³/mol. The number of sulfonamides is 1. The van der Waals surface area contributed by atoms with Crippen LogP contribution in [0.4, 0.5) is 11.6 Å². The number of carbonyl (C=O) groups is 3. The number of hydrogen-bond donors (Lipinski definition) is 4. The second-order valence-corrected chi connectivity index (χ2v) is 16.4. The number of H-pyrrole nitrogens is 1. The highest BCUT2D eigenvalue weighted by molar-refractivity contribution is 7.89. The zero-order valence-corrected chi connectivity index (χ0v) is 33.2. The minimum absolute atomic E-state index is 0.0114. The normalized spacial score (nSPS) is 16.6. The highest BCUT2D eigenvalue weighted by atomic mass is 32.2. The summed E-state index contributed by atoms with van der Waals surface area (Å²) in [4.78, 5) is 48.7. The van der Waals surface area contributed by atoms with Crippen molar-refractivity contribution in [2.24, 2.45) is 0 Å². The van der Waals surface area contributed by atoms with Crippen LogP contribution < -0.4 is 20.7 Å². The molecule has 4 N–H and O–H groups in total. The summed E-state index contributed by atoms with van der Waals surface area (Å²) in [6, 6.07) is 18.2. The first-order valence-electron chi connectivity index (χ1n) is 19.2. The molecule has 5 heterocycles. The molecule has 0 radical (unpaired) electrons. The Hall–Kier alpha value is -6.20. The Kier molecular flexibility index (Phi) is 12.6. The summed E-state index contributed by atoms with van der Waals surface area (Å²) in [5, 5.41) is 23.3. The highest BCUT2D eigenvalue weighted by Crippen LogP contribution is 2.36. The van der Waals surface area contributed by atoms with Crippen molar-refractivity contribution in [3.05, 3.63) is 84.3 Å². The van der Waals surface area contributed by atoms with Gasteiger partial charge in [0.1, 0.15) is 23.5 Å². The molecule has 2 aromatic carbocycles. The summed E-state index contributed by atoms with van der Waals surface area (Å²) in [5.74, 6) is -0.143. The van der Waals surface area contributed by atoms with Crippen LogP contribution in [0.2, 0.25) is 0 Å². The van der Waals surface area contributed by atoms with Gasteiger partial charge in [0, 0.05) is 60.6 Å². The lowest BCUT2D eigenvalue weighted by Crippen LogP contribution is -2.64. The van der Waals surface area contributed by atoms with Gasteiger partial charge in [0.05, 0.1) is 62.5 Å². The van der Waals surface area contributed by atoms with Gasteiger partial charge in [-0.3, -0.25) is 24.4 Å². The Labute approximate surface area is 340 Å². The molecule has 0 aliphatic carbocycles. The minimum Gasteiger partial charge on any atom is -0.491 e. The van der Waals surface area contributed by atoms with Gasteiger partial charge in [-0.15, -0.1) is 0 Å². The van der Waals surface area contributed by atoms with Gasteiger partial charge in [0.25, 0.3) is 5.91 Å². The third-order valence-corrected chi connectivity index (χ3v) is 12.0. The number of benzene rings is 2. The van der Waals surface area contributed by atoms with Gasteiger partial charge in [0.15, 0.2) is 0 Å². The van der Waals surface area contributed by atoms with E-state index in [1.165, 1.54) is 4.31 Å². The minimum atomic E-state index is -3.38. The lowest BCUT2D eigenvalue weighted by molar-refractivity contribution is -0.134. The Morgan fingerprint density at radius 1 is 1.00 bits per heavy atom. The molecule has 0 saturated carbocycles. The van der Waals surface area contributed by atoms with Gasteiger partial charge in [-0.25, -0.2) is 13.4 Å². The molecule has 2 aliphatic rings. The second kappa shape index (κ2) is 18.2. The molecule has 18 nitrogen and oxygen atoms in total. The smallest absolute Gasteiger partial charge is 0.251 e. The monoisotopic (exact) mass is 824 g/mol. The van der Waals surface area contributed by atoms with E-state index in [2.05, 4.69) is 37.1 Å². The number of piperidine rings is 1. The van der Waals surface area contributed by atoms with E-state index in [1.807, 2.05) is 18.2 Å². The summed E-state index contributed by atoms with van der Waals surface area (Å²) < 4.78 is 44.7. The fourth-order valence-corrected chi connectivity index (χ4v) is 8.16. The summed E-state index contributed by atoms with van der Waals surface area (Å²) in [7, 11) is -3.38. The van der Waals surface area contributed by atoms with E-state index in [9.17, 15) is 28.1 Å². The largest absolute Gasteiger partial charge is 0.491 e. The van der Waals surface area contributed by atoms with Crippen LogP contribution in [0.1, 0.15) is 48.0 Å². The van der Waals surface area contributed by atoms with Crippen LogP contribution in [0.15, 0.2) is 73.2 Å². The number of fused-ring (bicyclic) bond motifs is 1. The topological polar surface area (TPSA) is 236 Å². The van der Waals surface area contributed by atoms with E-state index in [0.29, 0.717) is 92.3 Å². The van der Waals surface area contributed by atoms with Crippen molar-refractivity contribution in [3.63, 3.8) is 0 Å². The summed E-state index contributed by atoms with van der Waals surface area (Å²) in [6.07, 6.45) is 6.12. The number of imide groups is 1. The molecule has 7 rings (SSSR count). The van der Waals surface area contributed by atoms with Crippen molar-refractivity contribution in [2.75, 3.05) is 63.7 Å². The van der Waals surface area contributed by atoms with Gasteiger partial charge in [-0.1, -0.05) is 12.1 Å². The van der Waals surface area contributed by atoms with E-state index >= 15 is 0 Å². The van der Waals surface area contributed by atoms with Crippen LogP contribution in [-0.2, 0) is 34.6 Å². The lowest BCUT2D eigenvalue weighted by Gasteiger charge is -2.47. The van der Waals surface area contributed by atoms with Crippen molar-refractivity contribution in [3.8, 4) is 23.1 Å². The van der Waals surface area contributed by atoms with Crippen molar-refractivity contribution in [1.29, 1.82) is 5.26 Å². The van der Waals surface area contributed by atoms with E-state index in [-0.39, 0.29) is 48.9 Å². The average molecular weight is 825 g/mol. The van der Waals surface area contributed by atoms with Gasteiger partial charge in [0.2, 0.25) is 27.8 Å². The van der Waals surface area contributed by atoms with Crippen molar-refractivity contribution < 1.29 is 37.0 Å². The molecule has 3 aromatic heterocycles. The first-order chi connectivity index (χ1) is 28.6. The Morgan fingerprint density at radius 3 is 2.47 bits per heavy atom. The molecule has 19 heteroatoms. The van der Waals surface area contributed by atoms with Gasteiger partial charge < -0.3 is 29.8 Å². The molecule has 2 fully saturated rings. The SMILES string of the molecule is CCS(=O)(=O)N1CC(CC#N)(n2cc(-c3nc(Nc4ccc(C(=O)NCCOCCOCCOc5ccc(C6CCC(=O)NC6=O)cc5)cc4)nc4[nH]ccc34)cn2)C1. The van der Waals surface area contributed by atoms with Crippen LogP contribution in [-0.4, -0.2) is 114 Å². The third kappa shape index (κ3) is 9.58. The first-order valence-corrected chi connectivity index (χ1v) is 20.8. The molecule has 0 bridgehead atoms. The van der Waals surface area contributed by atoms with Gasteiger partial charge >= 0.3 is 0 Å². The number of nitrogens with one attached hydrogen (secondary N) is 4. The van der Waals surface area contributed by atoms with E-state index in [4.69, 9.17) is 19.2 Å². The zero-order valence-electron chi connectivity index (χ0n) is 32.3. The quantitative estimate of drug-likeness (QED) is 0.0693. The second-order valence-electron chi connectivity index (χ2n) is 14.1. The Bertz CT molecular complexity index is 2440. The van der Waals surface area contributed by atoms with Crippen LogP contribution in [0, 0.1) is 11.3 Å². The van der Waals surface area contributed by atoms with E-state index < -0.39 is 15.6 Å².